The molecule has 0 radical (unpaired) electrons. The quantitative estimate of drug-likeness (QED) is 0.768. The van der Waals surface area contributed by atoms with Gasteiger partial charge in [0, 0.05) is 17.2 Å². The average Bonchev–Trinajstić information content (AvgIpc) is 2.61. The molecule has 0 bridgehead atoms. The Labute approximate surface area is 156 Å². The second kappa shape index (κ2) is 9.22. The molecule has 0 fully saturated rings. The van der Waals surface area contributed by atoms with Crippen LogP contribution in [0.25, 0.3) is 0 Å². The Balaban J connectivity index is 1.83. The number of amides is 2. The Bertz CT molecular complexity index is 732. The molecule has 0 unspecified atom stereocenters. The fourth-order valence-electron chi connectivity index (χ4n) is 2.23. The molecular weight excluding hydrogens is 384 g/mol. The predicted molar refractivity (Wildman–Crippen MR) is 102 cm³/mol. The normalized spacial score (nSPS) is 10.2. The van der Waals surface area contributed by atoms with Crippen LogP contribution < -0.4 is 10.1 Å². The number of nitrogens with zero attached hydrogens (tertiary/aromatic N) is 1. The first-order valence-corrected chi connectivity index (χ1v) is 8.79. The molecule has 0 aliphatic rings. The molecule has 0 atom stereocenters. The fraction of sp³-hybridized carbons (Fsp3) is 0.263. The molecule has 0 aromatic heterocycles. The van der Waals surface area contributed by atoms with E-state index in [1.54, 1.807) is 19.2 Å². The van der Waals surface area contributed by atoms with Crippen molar-refractivity contribution in [1.29, 1.82) is 0 Å². The molecule has 2 aromatic carbocycles. The molecule has 25 heavy (non-hydrogen) atoms. The molecular formula is C19H21BrN2O3. The maximum absolute atomic E-state index is 12.2. The van der Waals surface area contributed by atoms with E-state index in [0.29, 0.717) is 5.75 Å². The number of aryl methyl sites for hydroxylation is 1. The number of rotatable bonds is 7. The summed E-state index contributed by atoms with van der Waals surface area (Å²) in [4.78, 5) is 25.6. The van der Waals surface area contributed by atoms with Gasteiger partial charge in [-0.2, -0.15) is 0 Å². The van der Waals surface area contributed by atoms with Gasteiger partial charge in [-0.15, -0.1) is 0 Å². The molecule has 2 rings (SSSR count). The minimum Gasteiger partial charge on any atom is -0.484 e. The van der Waals surface area contributed by atoms with Crippen molar-refractivity contribution in [2.45, 2.75) is 13.3 Å². The molecule has 5 nitrogen and oxygen atoms in total. The molecule has 0 spiro atoms. The minimum atomic E-state index is -0.262. The lowest BCUT2D eigenvalue weighted by atomic mass is 10.1. The summed E-state index contributed by atoms with van der Waals surface area (Å²) in [6, 6.07) is 14.8. The highest BCUT2D eigenvalue weighted by atomic mass is 79.9. The maximum Gasteiger partial charge on any atom is 0.260 e. The second-order valence-electron chi connectivity index (χ2n) is 5.55. The number of benzene rings is 2. The summed E-state index contributed by atoms with van der Waals surface area (Å²) in [6.07, 6.45) is 0.826. The Morgan fingerprint density at radius 1 is 1.12 bits per heavy atom. The highest BCUT2D eigenvalue weighted by molar-refractivity contribution is 9.10. The standard InChI is InChI=1S/C19H21BrN2O3/c1-3-14-6-4-5-7-17(14)21-18(23)12-22(2)19(24)13-25-16-10-8-15(20)9-11-16/h4-11H,3,12-13H2,1-2H3,(H,21,23). The van der Waals surface area contributed by atoms with Gasteiger partial charge in [0.1, 0.15) is 5.75 Å². The summed E-state index contributed by atoms with van der Waals surface area (Å²) in [6.45, 7) is 1.89. The number of ether oxygens (including phenoxy) is 1. The number of nitrogens with one attached hydrogen (secondary N) is 1. The smallest absolute Gasteiger partial charge is 0.260 e. The SMILES string of the molecule is CCc1ccccc1NC(=O)CN(C)C(=O)COc1ccc(Br)cc1. The van der Waals surface area contributed by atoms with E-state index in [2.05, 4.69) is 21.2 Å². The van der Waals surface area contributed by atoms with Crippen molar-refractivity contribution in [2.24, 2.45) is 0 Å². The third-order valence-corrected chi connectivity index (χ3v) is 4.18. The first kappa shape index (κ1) is 19.0. The van der Waals surface area contributed by atoms with Crippen LogP contribution in [0.4, 0.5) is 5.69 Å². The number of para-hydroxylation sites is 1. The summed E-state index contributed by atoms with van der Waals surface area (Å²) >= 11 is 3.34. The second-order valence-corrected chi connectivity index (χ2v) is 6.47. The molecule has 0 aliphatic heterocycles. The summed E-state index contributed by atoms with van der Waals surface area (Å²) in [5.41, 5.74) is 1.84. The first-order valence-electron chi connectivity index (χ1n) is 7.99. The van der Waals surface area contributed by atoms with Gasteiger partial charge in [-0.05, 0) is 42.3 Å². The van der Waals surface area contributed by atoms with Crippen LogP contribution in [0.3, 0.4) is 0 Å². The van der Waals surface area contributed by atoms with Crippen molar-refractivity contribution in [3.05, 3.63) is 58.6 Å². The summed E-state index contributed by atoms with van der Waals surface area (Å²) in [5.74, 6) is 0.105. The number of carbonyl (C=O) groups excluding carboxylic acids is 2. The van der Waals surface area contributed by atoms with Crippen molar-refractivity contribution >= 4 is 33.4 Å². The Hall–Kier alpha value is -2.34. The van der Waals surface area contributed by atoms with Crippen LogP contribution >= 0.6 is 15.9 Å². The van der Waals surface area contributed by atoms with E-state index in [9.17, 15) is 9.59 Å². The van der Waals surface area contributed by atoms with Gasteiger partial charge in [0.2, 0.25) is 5.91 Å². The van der Waals surface area contributed by atoms with Crippen LogP contribution in [-0.4, -0.2) is 36.9 Å². The van der Waals surface area contributed by atoms with Crippen LogP contribution in [0.5, 0.6) is 5.75 Å². The minimum absolute atomic E-state index is 0.0272. The third-order valence-electron chi connectivity index (χ3n) is 3.65. The first-order chi connectivity index (χ1) is 12.0. The van der Waals surface area contributed by atoms with Gasteiger partial charge in [0.05, 0.1) is 6.54 Å². The lowest BCUT2D eigenvalue weighted by Gasteiger charge is -2.18. The van der Waals surface area contributed by atoms with Crippen molar-refractivity contribution in [3.8, 4) is 5.75 Å². The number of anilines is 1. The summed E-state index contributed by atoms with van der Waals surface area (Å²) < 4.78 is 6.37. The molecule has 0 aliphatic carbocycles. The summed E-state index contributed by atoms with van der Waals surface area (Å²) in [5, 5.41) is 2.85. The van der Waals surface area contributed by atoms with Gasteiger partial charge >= 0.3 is 0 Å². The highest BCUT2D eigenvalue weighted by Crippen LogP contribution is 2.16. The van der Waals surface area contributed by atoms with E-state index in [-0.39, 0.29) is 25.0 Å². The van der Waals surface area contributed by atoms with E-state index in [1.165, 1.54) is 4.90 Å². The van der Waals surface area contributed by atoms with Crippen LogP contribution in [0.1, 0.15) is 12.5 Å². The van der Waals surface area contributed by atoms with Crippen LogP contribution in [0.2, 0.25) is 0 Å². The van der Waals surface area contributed by atoms with E-state index < -0.39 is 0 Å². The van der Waals surface area contributed by atoms with Crippen LogP contribution in [0.15, 0.2) is 53.0 Å². The number of carbonyl (C=O) groups is 2. The van der Waals surface area contributed by atoms with Gasteiger partial charge in [-0.3, -0.25) is 9.59 Å². The third kappa shape index (κ3) is 5.90. The number of hydrogen-bond donors (Lipinski definition) is 1. The Morgan fingerprint density at radius 2 is 1.80 bits per heavy atom. The van der Waals surface area contributed by atoms with Crippen molar-refractivity contribution in [1.82, 2.24) is 4.90 Å². The van der Waals surface area contributed by atoms with E-state index in [0.717, 1.165) is 22.1 Å². The molecule has 6 heteroatoms. The zero-order valence-corrected chi connectivity index (χ0v) is 15.9. The van der Waals surface area contributed by atoms with Crippen molar-refractivity contribution < 1.29 is 14.3 Å². The van der Waals surface area contributed by atoms with E-state index in [4.69, 9.17) is 4.74 Å². The van der Waals surface area contributed by atoms with Gasteiger partial charge in [0.25, 0.3) is 5.91 Å². The number of likely N-dealkylation sites (N-methyl/N-ethyl adjacent to an activating group) is 1. The van der Waals surface area contributed by atoms with Crippen LogP contribution in [0, 0.1) is 0 Å². The Morgan fingerprint density at radius 3 is 2.48 bits per heavy atom. The zero-order chi connectivity index (χ0) is 18.2. The Kier molecular flexibility index (Phi) is 7.01. The van der Waals surface area contributed by atoms with Gasteiger partial charge in [-0.25, -0.2) is 0 Å². The monoisotopic (exact) mass is 404 g/mol. The van der Waals surface area contributed by atoms with E-state index in [1.807, 2.05) is 43.3 Å². The molecule has 2 amide bonds. The largest absolute Gasteiger partial charge is 0.484 e. The lowest BCUT2D eigenvalue weighted by molar-refractivity contribution is -0.135. The molecule has 0 saturated heterocycles. The maximum atomic E-state index is 12.2. The topological polar surface area (TPSA) is 58.6 Å². The fourth-order valence-corrected chi connectivity index (χ4v) is 2.49. The predicted octanol–water partition coefficient (Wildman–Crippen LogP) is 3.49. The number of hydrogen-bond acceptors (Lipinski definition) is 3. The van der Waals surface area contributed by atoms with Crippen molar-refractivity contribution in [2.75, 3.05) is 25.5 Å². The van der Waals surface area contributed by atoms with E-state index >= 15 is 0 Å². The molecule has 2 aromatic rings. The molecule has 132 valence electrons. The van der Waals surface area contributed by atoms with Crippen molar-refractivity contribution in [3.63, 3.8) is 0 Å². The summed E-state index contributed by atoms with van der Waals surface area (Å²) in [7, 11) is 1.58. The molecule has 1 N–H and O–H groups in total. The van der Waals surface area contributed by atoms with Gasteiger partial charge < -0.3 is 15.0 Å². The lowest BCUT2D eigenvalue weighted by Crippen LogP contribution is -2.37. The average molecular weight is 405 g/mol. The van der Waals surface area contributed by atoms with Gasteiger partial charge in [0.15, 0.2) is 6.61 Å². The highest BCUT2D eigenvalue weighted by Gasteiger charge is 2.14. The van der Waals surface area contributed by atoms with Crippen LogP contribution in [-0.2, 0) is 16.0 Å². The number of halogens is 1. The molecule has 0 heterocycles. The zero-order valence-electron chi connectivity index (χ0n) is 14.3. The van der Waals surface area contributed by atoms with Gasteiger partial charge in [-0.1, -0.05) is 41.1 Å². The molecule has 0 saturated carbocycles.